The minimum absolute atomic E-state index is 0.103. The lowest BCUT2D eigenvalue weighted by Gasteiger charge is -2.32. The molecule has 0 spiro atoms. The van der Waals surface area contributed by atoms with Gasteiger partial charge < -0.3 is 9.26 Å². The molecule has 3 rings (SSSR count). The Hall–Kier alpha value is -1.80. The molecule has 1 aliphatic heterocycles. The second-order valence-corrected chi connectivity index (χ2v) is 5.57. The van der Waals surface area contributed by atoms with Crippen LogP contribution in [0.3, 0.4) is 0 Å². The summed E-state index contributed by atoms with van der Waals surface area (Å²) in [5.41, 5.74) is 0. The van der Waals surface area contributed by atoms with Gasteiger partial charge in [0.15, 0.2) is 5.82 Å². The number of ether oxygens (including phenoxy) is 1. The van der Waals surface area contributed by atoms with Gasteiger partial charge in [0.2, 0.25) is 5.89 Å². The maximum Gasteiger partial charge on any atom is 0.226 e. The highest BCUT2D eigenvalue weighted by Gasteiger charge is 2.23. The Bertz CT molecular complexity index is 623. The van der Waals surface area contributed by atoms with E-state index in [2.05, 4.69) is 25.1 Å². The highest BCUT2D eigenvalue weighted by atomic mass is 16.5. The predicted molar refractivity (Wildman–Crippen MR) is 78.2 cm³/mol. The number of nitrogens with zero attached hydrogens (tertiary/aromatic N) is 6. The molecule has 1 unspecified atom stereocenters. The standard InChI is InChI=1S/C14H22N6O2/c1-4-14-16-13(18-22-14)9-19-5-6-21-12(7-19)8-20-11(3)15-10(2)17-20/h12H,4-9H2,1-3H3. The molecule has 2 aromatic heterocycles. The SMILES string of the molecule is CCc1nc(CN2CCOC(Cn3nc(C)nc3C)C2)no1. The zero-order valence-corrected chi connectivity index (χ0v) is 13.3. The first-order chi connectivity index (χ1) is 10.6. The Balaban J connectivity index is 1.58. The normalized spacial score (nSPS) is 19.7. The van der Waals surface area contributed by atoms with Crippen LogP contribution in [0.1, 0.15) is 30.3 Å². The summed E-state index contributed by atoms with van der Waals surface area (Å²) in [6, 6.07) is 0. The number of aryl methyl sites for hydroxylation is 3. The van der Waals surface area contributed by atoms with Crippen molar-refractivity contribution in [3.8, 4) is 0 Å². The fraction of sp³-hybridized carbons (Fsp3) is 0.714. The molecule has 0 aromatic carbocycles. The fourth-order valence-electron chi connectivity index (χ4n) is 2.66. The van der Waals surface area contributed by atoms with Crippen LogP contribution >= 0.6 is 0 Å². The summed E-state index contributed by atoms with van der Waals surface area (Å²) in [6.07, 6.45) is 0.870. The van der Waals surface area contributed by atoms with Crippen molar-refractivity contribution in [3.63, 3.8) is 0 Å². The molecule has 0 bridgehead atoms. The van der Waals surface area contributed by atoms with E-state index in [0.29, 0.717) is 19.0 Å². The van der Waals surface area contributed by atoms with Crippen LogP contribution in [0.2, 0.25) is 0 Å². The van der Waals surface area contributed by atoms with E-state index in [-0.39, 0.29) is 6.10 Å². The summed E-state index contributed by atoms with van der Waals surface area (Å²) in [5.74, 6) is 3.15. The minimum Gasteiger partial charge on any atom is -0.374 e. The van der Waals surface area contributed by atoms with Gasteiger partial charge in [-0.2, -0.15) is 10.1 Å². The molecule has 8 nitrogen and oxygen atoms in total. The van der Waals surface area contributed by atoms with Gasteiger partial charge in [0.05, 0.1) is 25.8 Å². The number of hydrogen-bond acceptors (Lipinski definition) is 7. The molecule has 1 aliphatic rings. The average molecular weight is 306 g/mol. The first-order valence-electron chi connectivity index (χ1n) is 7.67. The Morgan fingerprint density at radius 1 is 1.27 bits per heavy atom. The lowest BCUT2D eigenvalue weighted by molar-refractivity contribution is -0.0413. The molecule has 0 radical (unpaired) electrons. The first-order valence-corrected chi connectivity index (χ1v) is 7.67. The predicted octanol–water partition coefficient (Wildman–Crippen LogP) is 0.741. The largest absolute Gasteiger partial charge is 0.374 e. The van der Waals surface area contributed by atoms with Crippen LogP contribution in [0.15, 0.2) is 4.52 Å². The van der Waals surface area contributed by atoms with Crippen molar-refractivity contribution in [3.05, 3.63) is 23.4 Å². The van der Waals surface area contributed by atoms with Crippen LogP contribution in [0.4, 0.5) is 0 Å². The van der Waals surface area contributed by atoms with Gasteiger partial charge >= 0.3 is 0 Å². The van der Waals surface area contributed by atoms with Crippen molar-refractivity contribution < 1.29 is 9.26 Å². The molecule has 8 heteroatoms. The third-order valence-electron chi connectivity index (χ3n) is 3.74. The third kappa shape index (κ3) is 3.50. The summed E-state index contributed by atoms with van der Waals surface area (Å²) >= 11 is 0. The molecule has 0 amide bonds. The van der Waals surface area contributed by atoms with Crippen molar-refractivity contribution in [2.75, 3.05) is 19.7 Å². The summed E-state index contributed by atoms with van der Waals surface area (Å²) in [5, 5.41) is 8.41. The summed E-state index contributed by atoms with van der Waals surface area (Å²) in [6.45, 7) is 9.69. The third-order valence-corrected chi connectivity index (χ3v) is 3.74. The monoisotopic (exact) mass is 306 g/mol. The second-order valence-electron chi connectivity index (χ2n) is 5.57. The maximum absolute atomic E-state index is 5.85. The van der Waals surface area contributed by atoms with Gasteiger partial charge in [-0.3, -0.25) is 4.90 Å². The van der Waals surface area contributed by atoms with Gasteiger partial charge in [0.1, 0.15) is 11.6 Å². The topological polar surface area (TPSA) is 82.1 Å². The van der Waals surface area contributed by atoms with E-state index < -0.39 is 0 Å². The van der Waals surface area contributed by atoms with Gasteiger partial charge in [0.25, 0.3) is 0 Å². The molecule has 0 aliphatic carbocycles. The Morgan fingerprint density at radius 2 is 2.14 bits per heavy atom. The van der Waals surface area contributed by atoms with Crippen LogP contribution in [-0.2, 0) is 24.2 Å². The molecule has 1 atom stereocenters. The molecule has 120 valence electrons. The summed E-state index contributed by atoms with van der Waals surface area (Å²) < 4.78 is 12.9. The number of morpholine rings is 1. The van der Waals surface area contributed by atoms with Crippen molar-refractivity contribution in [2.24, 2.45) is 0 Å². The Labute approximate surface area is 129 Å². The highest BCUT2D eigenvalue weighted by molar-refractivity contribution is 4.90. The Morgan fingerprint density at radius 3 is 2.82 bits per heavy atom. The molecule has 1 saturated heterocycles. The number of rotatable bonds is 5. The van der Waals surface area contributed by atoms with Gasteiger partial charge in [-0.15, -0.1) is 0 Å². The number of aromatic nitrogens is 5. The molecule has 2 aromatic rings. The van der Waals surface area contributed by atoms with Crippen molar-refractivity contribution in [1.29, 1.82) is 0 Å². The number of hydrogen-bond donors (Lipinski definition) is 0. The van der Waals surface area contributed by atoms with E-state index in [1.54, 1.807) is 0 Å². The lowest BCUT2D eigenvalue weighted by atomic mass is 10.2. The van der Waals surface area contributed by atoms with Gasteiger partial charge in [-0.05, 0) is 13.8 Å². The van der Waals surface area contributed by atoms with Crippen LogP contribution in [0.5, 0.6) is 0 Å². The molecule has 3 heterocycles. The van der Waals surface area contributed by atoms with Crippen LogP contribution in [0.25, 0.3) is 0 Å². The van der Waals surface area contributed by atoms with E-state index in [0.717, 1.165) is 43.5 Å². The molecule has 0 N–H and O–H groups in total. The van der Waals surface area contributed by atoms with Crippen LogP contribution < -0.4 is 0 Å². The van der Waals surface area contributed by atoms with Crippen molar-refractivity contribution in [1.82, 2.24) is 29.8 Å². The zero-order chi connectivity index (χ0) is 15.5. The smallest absolute Gasteiger partial charge is 0.226 e. The fourth-order valence-corrected chi connectivity index (χ4v) is 2.66. The summed E-state index contributed by atoms with van der Waals surface area (Å²) in [7, 11) is 0. The maximum atomic E-state index is 5.85. The summed E-state index contributed by atoms with van der Waals surface area (Å²) in [4.78, 5) is 11.0. The van der Waals surface area contributed by atoms with Crippen molar-refractivity contribution >= 4 is 0 Å². The van der Waals surface area contributed by atoms with Crippen LogP contribution in [-0.4, -0.2) is 55.6 Å². The first kappa shape index (κ1) is 15.1. The molecular weight excluding hydrogens is 284 g/mol. The second kappa shape index (κ2) is 6.53. The van der Waals surface area contributed by atoms with E-state index in [1.807, 2.05) is 25.5 Å². The van der Waals surface area contributed by atoms with E-state index in [9.17, 15) is 0 Å². The van der Waals surface area contributed by atoms with Gasteiger partial charge in [-0.1, -0.05) is 12.1 Å². The Kier molecular flexibility index (Phi) is 4.49. The van der Waals surface area contributed by atoms with Crippen molar-refractivity contribution in [2.45, 2.75) is 46.4 Å². The lowest BCUT2D eigenvalue weighted by Crippen LogP contribution is -2.44. The van der Waals surface area contributed by atoms with E-state index in [1.165, 1.54) is 0 Å². The van der Waals surface area contributed by atoms with E-state index >= 15 is 0 Å². The van der Waals surface area contributed by atoms with Gasteiger partial charge in [0, 0.05) is 19.5 Å². The van der Waals surface area contributed by atoms with Gasteiger partial charge in [-0.25, -0.2) is 9.67 Å². The average Bonchev–Trinajstić information content (AvgIpc) is 3.06. The molecule has 0 saturated carbocycles. The highest BCUT2D eigenvalue weighted by Crippen LogP contribution is 2.11. The van der Waals surface area contributed by atoms with E-state index in [4.69, 9.17) is 9.26 Å². The molecular formula is C14H22N6O2. The minimum atomic E-state index is 0.103. The molecule has 1 fully saturated rings. The zero-order valence-electron chi connectivity index (χ0n) is 13.3. The quantitative estimate of drug-likeness (QED) is 0.805. The van der Waals surface area contributed by atoms with Crippen LogP contribution in [0, 0.1) is 13.8 Å². The molecule has 22 heavy (non-hydrogen) atoms.